The summed E-state index contributed by atoms with van der Waals surface area (Å²) in [5.41, 5.74) is 2.62. The minimum Gasteiger partial charge on any atom is -0.497 e. The van der Waals surface area contributed by atoms with Gasteiger partial charge in [0.05, 0.1) is 46.4 Å². The van der Waals surface area contributed by atoms with Crippen molar-refractivity contribution in [3.05, 3.63) is 88.9 Å². The van der Waals surface area contributed by atoms with E-state index in [2.05, 4.69) is 0 Å². The quantitative estimate of drug-likeness (QED) is 0.143. The number of aromatic nitrogens is 1. The van der Waals surface area contributed by atoms with Gasteiger partial charge in [-0.05, 0) is 61.4 Å². The number of anilines is 1. The van der Waals surface area contributed by atoms with Crippen LogP contribution in [-0.4, -0.2) is 42.3 Å². The number of rotatable bonds is 7. The molecular formula is C33H27ClN2O6. The molecule has 4 aromatic rings. The first-order valence-corrected chi connectivity index (χ1v) is 14.2. The summed E-state index contributed by atoms with van der Waals surface area (Å²) in [7, 11) is 1.53. The van der Waals surface area contributed by atoms with Gasteiger partial charge in [-0.2, -0.15) is 0 Å². The van der Waals surface area contributed by atoms with Crippen molar-refractivity contribution < 1.29 is 28.7 Å². The molecule has 0 radical (unpaired) electrons. The minimum atomic E-state index is -0.694. The number of para-hydroxylation sites is 1. The number of carbonyl (C=O) groups is 4. The third-order valence-corrected chi connectivity index (χ3v) is 8.32. The maximum absolute atomic E-state index is 13.3. The van der Waals surface area contributed by atoms with Crippen molar-refractivity contribution in [2.24, 2.45) is 11.8 Å². The highest BCUT2D eigenvalue weighted by Crippen LogP contribution is 2.40. The number of benzene rings is 3. The Hall–Kier alpha value is -4.56. The molecule has 2 fully saturated rings. The summed E-state index contributed by atoms with van der Waals surface area (Å²) in [6, 6.07) is 20.2. The Bertz CT molecular complexity index is 1690. The zero-order valence-corrected chi connectivity index (χ0v) is 23.6. The summed E-state index contributed by atoms with van der Waals surface area (Å²) in [5, 5.41) is 0.839. The van der Waals surface area contributed by atoms with Crippen molar-refractivity contribution in [2.45, 2.75) is 25.7 Å². The summed E-state index contributed by atoms with van der Waals surface area (Å²) in [6.07, 6.45) is 3.42. The number of hydrogen-bond acceptors (Lipinski definition) is 7. The number of ketones is 1. The highest BCUT2D eigenvalue weighted by atomic mass is 35.5. The number of nitrogens with zero attached hydrogens (tertiary/aromatic N) is 2. The van der Waals surface area contributed by atoms with Gasteiger partial charge in [-0.15, -0.1) is 0 Å². The third kappa shape index (κ3) is 5.03. The van der Waals surface area contributed by atoms with E-state index in [1.54, 1.807) is 72.8 Å². The van der Waals surface area contributed by atoms with E-state index < -0.39 is 12.6 Å². The second kappa shape index (κ2) is 11.4. The topological polar surface area (TPSA) is 103 Å². The first-order valence-electron chi connectivity index (χ1n) is 13.8. The van der Waals surface area contributed by atoms with Crippen molar-refractivity contribution in [3.8, 4) is 17.0 Å². The van der Waals surface area contributed by atoms with E-state index in [9.17, 15) is 19.2 Å². The number of halogens is 1. The first-order chi connectivity index (χ1) is 20.4. The van der Waals surface area contributed by atoms with E-state index in [4.69, 9.17) is 26.1 Å². The molecule has 0 N–H and O–H groups in total. The lowest BCUT2D eigenvalue weighted by Crippen LogP contribution is -2.30. The predicted molar refractivity (Wildman–Crippen MR) is 158 cm³/mol. The average Bonchev–Trinajstić information content (AvgIpc) is 3.28. The molecule has 2 aliphatic rings. The van der Waals surface area contributed by atoms with Gasteiger partial charge < -0.3 is 9.47 Å². The highest BCUT2D eigenvalue weighted by Gasteiger charge is 2.48. The van der Waals surface area contributed by atoms with Crippen LogP contribution in [0.3, 0.4) is 0 Å². The van der Waals surface area contributed by atoms with Gasteiger partial charge >= 0.3 is 5.97 Å². The second-order valence-electron chi connectivity index (χ2n) is 10.5. The molecule has 1 saturated carbocycles. The Kier molecular flexibility index (Phi) is 7.47. The average molecular weight is 583 g/mol. The van der Waals surface area contributed by atoms with Crippen LogP contribution in [0.4, 0.5) is 5.69 Å². The summed E-state index contributed by atoms with van der Waals surface area (Å²) in [4.78, 5) is 58.0. The zero-order chi connectivity index (χ0) is 29.4. The van der Waals surface area contributed by atoms with Gasteiger partial charge in [0, 0.05) is 16.5 Å². The van der Waals surface area contributed by atoms with Crippen LogP contribution in [-0.2, 0) is 14.3 Å². The minimum absolute atomic E-state index is 0.137. The largest absolute Gasteiger partial charge is 0.497 e. The van der Waals surface area contributed by atoms with Gasteiger partial charge in [0.25, 0.3) is 0 Å². The Morgan fingerprint density at radius 2 is 1.60 bits per heavy atom. The number of pyridine rings is 1. The van der Waals surface area contributed by atoms with E-state index in [-0.39, 0.29) is 35.0 Å². The summed E-state index contributed by atoms with van der Waals surface area (Å²) in [6.45, 7) is -0.445. The van der Waals surface area contributed by atoms with Crippen LogP contribution < -0.4 is 9.64 Å². The molecule has 2 heterocycles. The van der Waals surface area contributed by atoms with Crippen LogP contribution in [0.2, 0.25) is 5.02 Å². The molecular weight excluding hydrogens is 556 g/mol. The molecule has 2 amide bonds. The van der Waals surface area contributed by atoms with Gasteiger partial charge in [-0.1, -0.05) is 48.7 Å². The van der Waals surface area contributed by atoms with Gasteiger partial charge in [-0.25, -0.2) is 9.78 Å². The first kappa shape index (κ1) is 27.6. The van der Waals surface area contributed by atoms with Crippen molar-refractivity contribution >= 4 is 51.8 Å². The molecule has 1 aromatic heterocycles. The van der Waals surface area contributed by atoms with E-state index in [1.807, 2.05) is 0 Å². The standard InChI is InChI=1S/C33H27ClN2O6/c1-41-22-15-11-20(12-16-22)29(37)18-42-33(40)26-17-28(35-30-23(26)7-4-8-27(30)34)19-9-13-21(14-10-19)36-31(38)24-5-2-3-6-25(24)32(36)39/h4,7-17,24-25H,2-3,5-6,18H2,1H3. The summed E-state index contributed by atoms with van der Waals surface area (Å²) in [5.74, 6) is -1.18. The van der Waals surface area contributed by atoms with Crippen LogP contribution >= 0.6 is 11.6 Å². The Labute approximate surface area is 247 Å². The van der Waals surface area contributed by atoms with E-state index >= 15 is 0 Å². The SMILES string of the molecule is COc1ccc(C(=O)COC(=O)c2cc(-c3ccc(N4C(=O)C5CCCCC5C4=O)cc3)nc3c(Cl)cccc23)cc1. The van der Waals surface area contributed by atoms with Gasteiger partial charge in [-0.3, -0.25) is 19.3 Å². The molecule has 1 saturated heterocycles. The molecule has 6 rings (SSSR count). The number of ether oxygens (including phenoxy) is 2. The lowest BCUT2D eigenvalue weighted by atomic mass is 9.81. The van der Waals surface area contributed by atoms with Crippen LogP contribution in [0.5, 0.6) is 5.75 Å². The molecule has 2 atom stereocenters. The highest BCUT2D eigenvalue weighted by molar-refractivity contribution is 6.35. The molecule has 0 bridgehead atoms. The Morgan fingerprint density at radius 3 is 2.24 bits per heavy atom. The van der Waals surface area contributed by atoms with Crippen LogP contribution in [0, 0.1) is 11.8 Å². The number of fused-ring (bicyclic) bond motifs is 2. The monoisotopic (exact) mass is 582 g/mol. The fraction of sp³-hybridized carbons (Fsp3) is 0.242. The van der Waals surface area contributed by atoms with Crippen molar-refractivity contribution in [2.75, 3.05) is 18.6 Å². The number of carbonyl (C=O) groups excluding carboxylic acids is 4. The van der Waals surface area contributed by atoms with Crippen LogP contribution in [0.1, 0.15) is 46.4 Å². The lowest BCUT2D eigenvalue weighted by molar-refractivity contribution is -0.122. The molecule has 1 aliphatic heterocycles. The predicted octanol–water partition coefficient (Wildman–Crippen LogP) is 6.28. The van der Waals surface area contributed by atoms with Crippen LogP contribution in [0.25, 0.3) is 22.2 Å². The van der Waals surface area contributed by atoms with Gasteiger partial charge in [0.2, 0.25) is 11.8 Å². The van der Waals surface area contributed by atoms with E-state index in [0.29, 0.717) is 44.2 Å². The number of methoxy groups -OCH3 is 1. The number of esters is 1. The molecule has 212 valence electrons. The fourth-order valence-electron chi connectivity index (χ4n) is 5.80. The van der Waals surface area contributed by atoms with E-state index in [0.717, 1.165) is 25.7 Å². The molecule has 3 aromatic carbocycles. The zero-order valence-electron chi connectivity index (χ0n) is 22.8. The third-order valence-electron chi connectivity index (χ3n) is 8.02. The number of imide groups is 1. The molecule has 0 spiro atoms. The fourth-order valence-corrected chi connectivity index (χ4v) is 6.01. The normalized spacial score (nSPS) is 18.2. The van der Waals surface area contributed by atoms with Gasteiger partial charge in [0.1, 0.15) is 5.75 Å². The molecule has 2 unspecified atom stereocenters. The van der Waals surface area contributed by atoms with Crippen molar-refractivity contribution in [3.63, 3.8) is 0 Å². The number of amides is 2. The Balaban J connectivity index is 1.27. The van der Waals surface area contributed by atoms with Gasteiger partial charge in [0.15, 0.2) is 12.4 Å². The molecule has 9 heteroatoms. The Morgan fingerprint density at radius 1 is 0.929 bits per heavy atom. The summed E-state index contributed by atoms with van der Waals surface area (Å²) >= 11 is 6.47. The maximum atomic E-state index is 13.3. The molecule has 8 nitrogen and oxygen atoms in total. The summed E-state index contributed by atoms with van der Waals surface area (Å²) < 4.78 is 10.5. The van der Waals surface area contributed by atoms with Crippen molar-refractivity contribution in [1.29, 1.82) is 0 Å². The number of Topliss-reactive ketones (excluding diaryl/α,β-unsaturated/α-hetero) is 1. The number of hydrogen-bond donors (Lipinski definition) is 0. The van der Waals surface area contributed by atoms with Crippen LogP contribution in [0.15, 0.2) is 72.8 Å². The van der Waals surface area contributed by atoms with Crippen molar-refractivity contribution in [1.82, 2.24) is 4.98 Å². The molecule has 42 heavy (non-hydrogen) atoms. The lowest BCUT2D eigenvalue weighted by Gasteiger charge is -2.19. The molecule has 1 aliphatic carbocycles. The smallest absolute Gasteiger partial charge is 0.339 e. The van der Waals surface area contributed by atoms with E-state index in [1.165, 1.54) is 12.0 Å². The second-order valence-corrected chi connectivity index (χ2v) is 10.9. The maximum Gasteiger partial charge on any atom is 0.339 e.